The zero-order valence-electron chi connectivity index (χ0n) is 10.1. The van der Waals surface area contributed by atoms with E-state index < -0.39 is 5.97 Å². The normalized spacial score (nSPS) is 17.6. The first kappa shape index (κ1) is 11.1. The predicted octanol–water partition coefficient (Wildman–Crippen LogP) is 1.93. The number of carboxylic acid groups (broad SMARTS) is 1. The third-order valence-electron chi connectivity index (χ3n) is 3.90. The second-order valence-electron chi connectivity index (χ2n) is 5.15. The van der Waals surface area contributed by atoms with E-state index in [2.05, 4.69) is 4.98 Å². The van der Waals surface area contributed by atoms with Crippen molar-refractivity contribution in [2.24, 2.45) is 0 Å². The fourth-order valence-electron chi connectivity index (χ4n) is 2.68. The van der Waals surface area contributed by atoms with Gasteiger partial charge in [0.05, 0.1) is 16.6 Å². The molecule has 0 unspecified atom stereocenters. The number of nitrogens with one attached hydrogen (secondary N) is 1. The van der Waals surface area contributed by atoms with Gasteiger partial charge in [0.1, 0.15) is 0 Å². The minimum absolute atomic E-state index is 0.158. The molecule has 1 aliphatic rings. The number of hydrogen-bond acceptors (Lipinski definition) is 2. The first-order valence-corrected chi connectivity index (χ1v) is 6.00. The van der Waals surface area contributed by atoms with Crippen LogP contribution in [0, 0.1) is 0 Å². The summed E-state index contributed by atoms with van der Waals surface area (Å²) in [6.07, 6.45) is 3.02. The summed E-state index contributed by atoms with van der Waals surface area (Å²) in [6.45, 7) is 2.04. The van der Waals surface area contributed by atoms with E-state index >= 15 is 0 Å². The fraction of sp³-hybridized carbons (Fsp3) is 0.385. The van der Waals surface area contributed by atoms with Crippen molar-refractivity contribution in [2.45, 2.75) is 31.7 Å². The molecule has 2 aromatic rings. The van der Waals surface area contributed by atoms with Crippen molar-refractivity contribution in [3.8, 4) is 0 Å². The molecule has 2 N–H and O–H groups in total. The SMILES string of the molecule is CC1(n2c(=O)[nH]c3ccc(C(=O)O)cc32)CCC1. The van der Waals surface area contributed by atoms with Crippen LogP contribution < -0.4 is 5.69 Å². The lowest BCUT2D eigenvalue weighted by Crippen LogP contribution is -2.42. The van der Waals surface area contributed by atoms with Gasteiger partial charge in [0, 0.05) is 5.54 Å². The molecule has 5 heteroatoms. The smallest absolute Gasteiger partial charge is 0.335 e. The molecular weight excluding hydrogens is 232 g/mol. The van der Waals surface area contributed by atoms with Crippen LogP contribution in [0.4, 0.5) is 0 Å². The summed E-state index contributed by atoms with van der Waals surface area (Å²) >= 11 is 0. The van der Waals surface area contributed by atoms with E-state index in [-0.39, 0.29) is 16.8 Å². The zero-order chi connectivity index (χ0) is 12.9. The van der Waals surface area contributed by atoms with Crippen molar-refractivity contribution >= 4 is 17.0 Å². The summed E-state index contributed by atoms with van der Waals surface area (Å²) in [6, 6.07) is 4.73. The van der Waals surface area contributed by atoms with Gasteiger partial charge < -0.3 is 10.1 Å². The van der Waals surface area contributed by atoms with Gasteiger partial charge in [-0.05, 0) is 44.4 Å². The molecular formula is C13H14N2O3. The number of aromatic carboxylic acids is 1. The van der Waals surface area contributed by atoms with Crippen molar-refractivity contribution < 1.29 is 9.90 Å². The average Bonchev–Trinajstić information content (AvgIpc) is 2.61. The summed E-state index contributed by atoms with van der Waals surface area (Å²) in [4.78, 5) is 25.8. The summed E-state index contributed by atoms with van der Waals surface area (Å²) in [5, 5.41) is 9.02. The molecule has 1 fully saturated rings. The van der Waals surface area contributed by atoms with Crippen molar-refractivity contribution in [3.63, 3.8) is 0 Å². The third kappa shape index (κ3) is 1.40. The summed E-state index contributed by atoms with van der Waals surface area (Å²) in [7, 11) is 0. The number of nitrogens with zero attached hydrogens (tertiary/aromatic N) is 1. The Morgan fingerprint density at radius 1 is 1.44 bits per heavy atom. The van der Waals surface area contributed by atoms with Gasteiger partial charge in [-0.1, -0.05) is 0 Å². The largest absolute Gasteiger partial charge is 0.478 e. The Morgan fingerprint density at radius 3 is 2.72 bits per heavy atom. The third-order valence-corrected chi connectivity index (χ3v) is 3.90. The lowest BCUT2D eigenvalue weighted by atomic mass is 9.78. The monoisotopic (exact) mass is 246 g/mol. The van der Waals surface area contributed by atoms with Crippen LogP contribution in [-0.4, -0.2) is 20.6 Å². The number of hydrogen-bond donors (Lipinski definition) is 2. The minimum Gasteiger partial charge on any atom is -0.478 e. The van der Waals surface area contributed by atoms with Crippen LogP contribution in [-0.2, 0) is 5.54 Å². The maximum Gasteiger partial charge on any atom is 0.335 e. The summed E-state index contributed by atoms with van der Waals surface area (Å²) in [5.74, 6) is -0.976. The van der Waals surface area contributed by atoms with E-state index in [0.717, 1.165) is 19.3 Å². The Bertz CT molecular complexity index is 692. The molecule has 1 heterocycles. The molecule has 5 nitrogen and oxygen atoms in total. The summed E-state index contributed by atoms with van der Waals surface area (Å²) in [5.41, 5.74) is 1.25. The topological polar surface area (TPSA) is 75.1 Å². The van der Waals surface area contributed by atoms with Gasteiger partial charge in [0.25, 0.3) is 0 Å². The molecule has 0 radical (unpaired) electrons. The number of benzene rings is 1. The molecule has 3 rings (SSSR count). The Hall–Kier alpha value is -2.04. The van der Waals surface area contributed by atoms with Gasteiger partial charge in [-0.15, -0.1) is 0 Å². The molecule has 0 atom stereocenters. The fourth-order valence-corrected chi connectivity index (χ4v) is 2.68. The number of imidazole rings is 1. The van der Waals surface area contributed by atoms with Crippen molar-refractivity contribution in [1.29, 1.82) is 0 Å². The Balaban J connectivity index is 2.29. The highest BCUT2D eigenvalue weighted by Gasteiger charge is 2.36. The van der Waals surface area contributed by atoms with Crippen LogP contribution >= 0.6 is 0 Å². The summed E-state index contributed by atoms with van der Waals surface area (Å²) < 4.78 is 1.71. The number of carbonyl (C=O) groups is 1. The van der Waals surface area contributed by atoms with Crippen LogP contribution in [0.2, 0.25) is 0 Å². The molecule has 1 aliphatic carbocycles. The zero-order valence-corrected chi connectivity index (χ0v) is 10.1. The van der Waals surface area contributed by atoms with Gasteiger partial charge in [-0.25, -0.2) is 9.59 Å². The molecule has 1 aromatic heterocycles. The highest BCUT2D eigenvalue weighted by molar-refractivity contribution is 5.92. The molecule has 1 saturated carbocycles. The maximum absolute atomic E-state index is 12.0. The number of aromatic amines is 1. The first-order valence-electron chi connectivity index (χ1n) is 6.00. The Labute approximate surface area is 103 Å². The minimum atomic E-state index is -0.976. The second-order valence-corrected chi connectivity index (χ2v) is 5.15. The van der Waals surface area contributed by atoms with Gasteiger partial charge >= 0.3 is 11.7 Å². The molecule has 94 valence electrons. The maximum atomic E-state index is 12.0. The molecule has 18 heavy (non-hydrogen) atoms. The van der Waals surface area contributed by atoms with Gasteiger partial charge in [-0.2, -0.15) is 0 Å². The number of H-pyrrole nitrogens is 1. The molecule has 0 spiro atoms. The quantitative estimate of drug-likeness (QED) is 0.850. The molecule has 0 aliphatic heterocycles. The Kier molecular flexibility index (Phi) is 2.14. The van der Waals surface area contributed by atoms with Crippen LogP contribution in [0.3, 0.4) is 0 Å². The van der Waals surface area contributed by atoms with Crippen molar-refractivity contribution in [3.05, 3.63) is 34.2 Å². The van der Waals surface area contributed by atoms with E-state index in [9.17, 15) is 9.59 Å². The van der Waals surface area contributed by atoms with Crippen LogP contribution in [0.5, 0.6) is 0 Å². The van der Waals surface area contributed by atoms with E-state index in [4.69, 9.17) is 5.11 Å². The molecule has 0 amide bonds. The van der Waals surface area contributed by atoms with Gasteiger partial charge in [0.2, 0.25) is 0 Å². The number of rotatable bonds is 2. The van der Waals surface area contributed by atoms with E-state index in [0.29, 0.717) is 11.0 Å². The number of fused-ring (bicyclic) bond motifs is 1. The Morgan fingerprint density at radius 2 is 2.17 bits per heavy atom. The molecule has 1 aromatic carbocycles. The van der Waals surface area contributed by atoms with E-state index in [1.54, 1.807) is 16.7 Å². The standard InChI is InChI=1S/C13H14N2O3/c1-13(5-2-6-13)15-10-7-8(11(16)17)3-4-9(10)14-12(15)18/h3-4,7H,2,5-6H2,1H3,(H,14,18)(H,16,17). The lowest BCUT2D eigenvalue weighted by Gasteiger charge is -2.39. The lowest BCUT2D eigenvalue weighted by molar-refractivity contribution is 0.0697. The van der Waals surface area contributed by atoms with Crippen LogP contribution in [0.1, 0.15) is 36.5 Å². The second kappa shape index (κ2) is 3.48. The molecule has 0 bridgehead atoms. The van der Waals surface area contributed by atoms with Crippen molar-refractivity contribution in [2.75, 3.05) is 0 Å². The van der Waals surface area contributed by atoms with Crippen LogP contribution in [0.25, 0.3) is 11.0 Å². The average molecular weight is 246 g/mol. The molecule has 0 saturated heterocycles. The van der Waals surface area contributed by atoms with Gasteiger partial charge in [0.15, 0.2) is 0 Å². The van der Waals surface area contributed by atoms with Crippen LogP contribution in [0.15, 0.2) is 23.0 Å². The highest BCUT2D eigenvalue weighted by atomic mass is 16.4. The first-order chi connectivity index (χ1) is 8.51. The van der Waals surface area contributed by atoms with E-state index in [1.807, 2.05) is 6.92 Å². The predicted molar refractivity (Wildman–Crippen MR) is 67.0 cm³/mol. The number of carboxylic acids is 1. The van der Waals surface area contributed by atoms with E-state index in [1.165, 1.54) is 6.07 Å². The van der Waals surface area contributed by atoms with Gasteiger partial charge in [-0.3, -0.25) is 4.57 Å². The van der Waals surface area contributed by atoms with Crippen molar-refractivity contribution in [1.82, 2.24) is 9.55 Å². The highest BCUT2D eigenvalue weighted by Crippen LogP contribution is 2.39. The number of aromatic nitrogens is 2.